The Morgan fingerprint density at radius 1 is 1.27 bits per heavy atom. The number of aromatic nitrogens is 1. The van der Waals surface area contributed by atoms with Crippen molar-refractivity contribution in [3.8, 4) is 16.3 Å². The quantitative estimate of drug-likeness (QED) is 0.623. The number of hydrogen-bond donors (Lipinski definition) is 1. The average Bonchev–Trinajstić information content (AvgIpc) is 3.15. The molecule has 3 rings (SSSR count). The van der Waals surface area contributed by atoms with Crippen molar-refractivity contribution >= 4 is 17.2 Å². The van der Waals surface area contributed by atoms with E-state index in [1.165, 1.54) is 16.9 Å². The maximum atomic E-state index is 11.9. The minimum Gasteiger partial charge on any atom is -0.489 e. The van der Waals surface area contributed by atoms with Gasteiger partial charge < -0.3 is 10.1 Å². The van der Waals surface area contributed by atoms with Crippen LogP contribution in [0.4, 0.5) is 0 Å². The number of carbonyl (C=O) groups is 1. The van der Waals surface area contributed by atoms with E-state index in [1.807, 2.05) is 30.3 Å². The van der Waals surface area contributed by atoms with Gasteiger partial charge in [0.25, 0.3) is 5.91 Å². The third kappa shape index (κ3) is 4.58. The first kappa shape index (κ1) is 17.9. The summed E-state index contributed by atoms with van der Waals surface area (Å²) in [5, 5.41) is 5.29. The minimum absolute atomic E-state index is 0.189. The second kappa shape index (κ2) is 8.45. The molecule has 1 heterocycles. The van der Waals surface area contributed by atoms with Gasteiger partial charge in [0.05, 0.1) is 0 Å². The molecular formula is C21H20N2O2S. The third-order valence-corrected chi connectivity index (χ3v) is 4.62. The van der Waals surface area contributed by atoms with E-state index in [9.17, 15) is 4.79 Å². The lowest BCUT2D eigenvalue weighted by Crippen LogP contribution is -2.23. The van der Waals surface area contributed by atoms with Gasteiger partial charge in [0, 0.05) is 17.5 Å². The van der Waals surface area contributed by atoms with Gasteiger partial charge in [-0.05, 0) is 36.8 Å². The van der Waals surface area contributed by atoms with E-state index in [0.29, 0.717) is 18.8 Å². The van der Waals surface area contributed by atoms with Gasteiger partial charge in [0.15, 0.2) is 0 Å². The summed E-state index contributed by atoms with van der Waals surface area (Å²) in [6.45, 7) is 6.61. The van der Waals surface area contributed by atoms with Crippen LogP contribution in [0.25, 0.3) is 10.6 Å². The molecule has 26 heavy (non-hydrogen) atoms. The molecule has 3 aromatic rings. The third-order valence-electron chi connectivity index (χ3n) is 3.73. The number of hydrogen-bond acceptors (Lipinski definition) is 4. The molecule has 0 fully saturated rings. The van der Waals surface area contributed by atoms with E-state index in [0.717, 1.165) is 21.9 Å². The van der Waals surface area contributed by atoms with Crippen molar-refractivity contribution in [2.45, 2.75) is 13.5 Å². The Morgan fingerprint density at radius 2 is 2.08 bits per heavy atom. The van der Waals surface area contributed by atoms with Gasteiger partial charge in [-0.3, -0.25) is 4.79 Å². The topological polar surface area (TPSA) is 51.2 Å². The van der Waals surface area contributed by atoms with Crippen molar-refractivity contribution in [2.24, 2.45) is 0 Å². The molecule has 0 saturated heterocycles. The molecule has 1 aromatic heterocycles. The second-order valence-corrected chi connectivity index (χ2v) is 6.70. The Kier molecular flexibility index (Phi) is 5.81. The molecular weight excluding hydrogens is 344 g/mol. The molecule has 0 radical (unpaired) electrons. The minimum atomic E-state index is -0.189. The van der Waals surface area contributed by atoms with Crippen LogP contribution in [-0.4, -0.2) is 17.4 Å². The van der Waals surface area contributed by atoms with Gasteiger partial charge >= 0.3 is 0 Å². The first-order valence-electron chi connectivity index (χ1n) is 8.29. The van der Waals surface area contributed by atoms with Crippen LogP contribution in [0.2, 0.25) is 0 Å². The Bertz CT molecular complexity index is 900. The molecule has 132 valence electrons. The molecule has 0 saturated carbocycles. The highest BCUT2D eigenvalue weighted by Crippen LogP contribution is 2.26. The van der Waals surface area contributed by atoms with Gasteiger partial charge in [-0.2, -0.15) is 0 Å². The van der Waals surface area contributed by atoms with Crippen molar-refractivity contribution in [1.82, 2.24) is 10.3 Å². The van der Waals surface area contributed by atoms with Crippen LogP contribution in [0.15, 0.2) is 66.6 Å². The highest BCUT2D eigenvalue weighted by Gasteiger charge is 2.11. The fourth-order valence-electron chi connectivity index (χ4n) is 2.43. The number of ether oxygens (including phenoxy) is 1. The number of carbonyl (C=O) groups excluding carboxylic acids is 1. The number of nitrogens with zero attached hydrogens (tertiary/aromatic N) is 1. The van der Waals surface area contributed by atoms with Crippen LogP contribution >= 0.6 is 11.3 Å². The van der Waals surface area contributed by atoms with Gasteiger partial charge in [0.1, 0.15) is 23.1 Å². The molecule has 0 unspecified atom stereocenters. The van der Waals surface area contributed by atoms with Crippen molar-refractivity contribution in [2.75, 3.05) is 6.54 Å². The SMILES string of the molecule is C=CCNC(=O)c1csc(-c2ccc(OCc3cccc(C)c3)cc2)n1. The smallest absolute Gasteiger partial charge is 0.271 e. The summed E-state index contributed by atoms with van der Waals surface area (Å²) >= 11 is 1.44. The number of benzene rings is 2. The highest BCUT2D eigenvalue weighted by molar-refractivity contribution is 7.13. The maximum absolute atomic E-state index is 11.9. The number of aryl methyl sites for hydroxylation is 1. The molecule has 4 nitrogen and oxygen atoms in total. The van der Waals surface area contributed by atoms with Crippen molar-refractivity contribution in [3.05, 3.63) is 83.4 Å². The van der Waals surface area contributed by atoms with Gasteiger partial charge in [-0.1, -0.05) is 35.9 Å². The second-order valence-electron chi connectivity index (χ2n) is 5.84. The van der Waals surface area contributed by atoms with E-state index in [2.05, 4.69) is 42.0 Å². The standard InChI is InChI=1S/C21H20N2O2S/c1-3-11-22-20(24)19-14-26-21(23-19)17-7-9-18(10-8-17)25-13-16-6-4-5-15(2)12-16/h3-10,12,14H,1,11,13H2,2H3,(H,22,24). The van der Waals surface area contributed by atoms with Crippen LogP contribution in [0.1, 0.15) is 21.6 Å². The highest BCUT2D eigenvalue weighted by atomic mass is 32.1. The fourth-order valence-corrected chi connectivity index (χ4v) is 3.23. The first-order valence-corrected chi connectivity index (χ1v) is 9.17. The molecule has 0 aliphatic rings. The fraction of sp³-hybridized carbons (Fsp3) is 0.143. The van der Waals surface area contributed by atoms with Crippen LogP contribution < -0.4 is 10.1 Å². The maximum Gasteiger partial charge on any atom is 0.271 e. The Labute approximate surface area is 157 Å². The zero-order chi connectivity index (χ0) is 18.4. The molecule has 0 aliphatic carbocycles. The zero-order valence-electron chi connectivity index (χ0n) is 14.6. The number of amides is 1. The number of nitrogens with one attached hydrogen (secondary N) is 1. The summed E-state index contributed by atoms with van der Waals surface area (Å²) in [4.78, 5) is 16.3. The summed E-state index contributed by atoms with van der Waals surface area (Å²) in [6, 6.07) is 16.0. The number of thiazole rings is 1. The summed E-state index contributed by atoms with van der Waals surface area (Å²) in [5.41, 5.74) is 3.75. The lowest BCUT2D eigenvalue weighted by Gasteiger charge is -2.07. The van der Waals surface area contributed by atoms with E-state index in [-0.39, 0.29) is 5.91 Å². The molecule has 1 N–H and O–H groups in total. The van der Waals surface area contributed by atoms with Gasteiger partial charge in [0.2, 0.25) is 0 Å². The zero-order valence-corrected chi connectivity index (χ0v) is 15.4. The lowest BCUT2D eigenvalue weighted by atomic mass is 10.1. The van der Waals surface area contributed by atoms with E-state index < -0.39 is 0 Å². The molecule has 0 atom stereocenters. The van der Waals surface area contributed by atoms with Crippen molar-refractivity contribution < 1.29 is 9.53 Å². The monoisotopic (exact) mass is 364 g/mol. The van der Waals surface area contributed by atoms with Crippen molar-refractivity contribution in [3.63, 3.8) is 0 Å². The largest absolute Gasteiger partial charge is 0.489 e. The molecule has 0 bridgehead atoms. The van der Waals surface area contributed by atoms with Crippen LogP contribution in [-0.2, 0) is 6.61 Å². The van der Waals surface area contributed by atoms with Crippen LogP contribution in [0, 0.1) is 6.92 Å². The Balaban J connectivity index is 1.63. The van der Waals surface area contributed by atoms with Crippen LogP contribution in [0.3, 0.4) is 0 Å². The molecule has 2 aromatic carbocycles. The Hall–Kier alpha value is -2.92. The van der Waals surface area contributed by atoms with E-state index >= 15 is 0 Å². The average molecular weight is 364 g/mol. The predicted molar refractivity (Wildman–Crippen MR) is 106 cm³/mol. The summed E-state index contributed by atoms with van der Waals surface area (Å²) in [7, 11) is 0. The Morgan fingerprint density at radius 3 is 2.81 bits per heavy atom. The van der Waals surface area contributed by atoms with Crippen LogP contribution in [0.5, 0.6) is 5.75 Å². The normalized spacial score (nSPS) is 10.3. The number of rotatable bonds is 7. The molecule has 0 aliphatic heterocycles. The van der Waals surface area contributed by atoms with Gasteiger partial charge in [-0.25, -0.2) is 4.98 Å². The lowest BCUT2D eigenvalue weighted by molar-refractivity contribution is 0.0954. The summed E-state index contributed by atoms with van der Waals surface area (Å²) < 4.78 is 5.84. The van der Waals surface area contributed by atoms with E-state index in [1.54, 1.807) is 11.5 Å². The molecule has 5 heteroatoms. The van der Waals surface area contributed by atoms with Crippen molar-refractivity contribution in [1.29, 1.82) is 0 Å². The first-order chi connectivity index (χ1) is 12.7. The van der Waals surface area contributed by atoms with Gasteiger partial charge in [-0.15, -0.1) is 17.9 Å². The van der Waals surface area contributed by atoms with E-state index in [4.69, 9.17) is 4.74 Å². The molecule has 1 amide bonds. The summed E-state index contributed by atoms with van der Waals surface area (Å²) in [5.74, 6) is 0.612. The predicted octanol–water partition coefficient (Wildman–Crippen LogP) is 4.61. The summed E-state index contributed by atoms with van der Waals surface area (Å²) in [6.07, 6.45) is 1.64. The molecule has 0 spiro atoms.